The van der Waals surface area contributed by atoms with Gasteiger partial charge in [-0.2, -0.15) is 26.3 Å². The second-order valence-corrected chi connectivity index (χ2v) is 9.46. The summed E-state index contributed by atoms with van der Waals surface area (Å²) in [5, 5.41) is 13.0. The van der Waals surface area contributed by atoms with Crippen LogP contribution in [-0.2, 0) is 21.9 Å². The number of hydrogen-bond acceptors (Lipinski definition) is 4. The number of phenolic OH excluding ortho intramolecular Hbond substituents is 1. The van der Waals surface area contributed by atoms with E-state index in [0.29, 0.717) is 23.3 Å². The molecule has 0 aliphatic rings. The number of benzene rings is 4. The molecule has 2 N–H and O–H groups in total. The van der Waals surface area contributed by atoms with Gasteiger partial charge in [0.25, 0.3) is 5.91 Å². The quantitative estimate of drug-likeness (QED) is 0.166. The fourth-order valence-corrected chi connectivity index (χ4v) is 4.31. The van der Waals surface area contributed by atoms with Crippen LogP contribution in [0.4, 0.5) is 30.7 Å². The molecule has 4 rings (SSSR count). The third kappa shape index (κ3) is 7.51. The lowest BCUT2D eigenvalue weighted by atomic mass is 9.96. The van der Waals surface area contributed by atoms with Crippen molar-refractivity contribution in [3.63, 3.8) is 0 Å². The lowest BCUT2D eigenvalue weighted by Gasteiger charge is -2.20. The van der Waals surface area contributed by atoms with Gasteiger partial charge in [-0.1, -0.05) is 42.5 Å². The minimum atomic E-state index is -5.02. The number of phenols is 1. The molecule has 0 aromatic heterocycles. The maximum absolute atomic E-state index is 13.3. The SMILES string of the molecule is COC(=O)CC(NC(=O)c1cc(-c2ccc(F)cc2)ccc1O)c1ccc(-c2cc(C(F)(F)F)cc(C(F)(F)F)c2)cc1. The molecule has 0 aliphatic carbocycles. The van der Waals surface area contributed by atoms with Crippen LogP contribution in [0.5, 0.6) is 5.75 Å². The molecule has 0 saturated carbocycles. The number of nitrogens with one attached hydrogen (secondary N) is 1. The van der Waals surface area contributed by atoms with Crippen LogP contribution in [0.1, 0.15) is 39.5 Å². The number of ether oxygens (including phenoxy) is 1. The minimum Gasteiger partial charge on any atom is -0.507 e. The van der Waals surface area contributed by atoms with Crippen LogP contribution in [0.15, 0.2) is 84.9 Å². The van der Waals surface area contributed by atoms with Gasteiger partial charge in [0.1, 0.15) is 11.6 Å². The monoisotopic (exact) mass is 605 g/mol. The van der Waals surface area contributed by atoms with Crippen LogP contribution in [0, 0.1) is 5.82 Å². The highest BCUT2D eigenvalue weighted by Crippen LogP contribution is 2.39. The molecule has 1 amide bonds. The predicted octanol–water partition coefficient (Wildman–Crippen LogP) is 7.94. The minimum absolute atomic E-state index is 0.0214. The molecule has 12 heteroatoms. The van der Waals surface area contributed by atoms with Crippen molar-refractivity contribution in [1.29, 1.82) is 0 Å². The van der Waals surface area contributed by atoms with Crippen molar-refractivity contribution in [3.8, 4) is 28.0 Å². The van der Waals surface area contributed by atoms with Crippen LogP contribution in [0.2, 0.25) is 0 Å². The number of methoxy groups -OCH3 is 1. The topological polar surface area (TPSA) is 75.6 Å². The van der Waals surface area contributed by atoms with Crippen molar-refractivity contribution in [3.05, 3.63) is 113 Å². The summed E-state index contributed by atoms with van der Waals surface area (Å²) >= 11 is 0. The van der Waals surface area contributed by atoms with Gasteiger partial charge >= 0.3 is 18.3 Å². The van der Waals surface area contributed by atoms with Gasteiger partial charge in [-0.25, -0.2) is 4.39 Å². The first kappa shape index (κ1) is 31.1. The summed E-state index contributed by atoms with van der Waals surface area (Å²) in [6, 6.07) is 14.9. The second-order valence-electron chi connectivity index (χ2n) is 9.46. The normalized spacial score (nSPS) is 12.5. The van der Waals surface area contributed by atoms with Crippen molar-refractivity contribution >= 4 is 11.9 Å². The zero-order chi connectivity index (χ0) is 31.5. The smallest absolute Gasteiger partial charge is 0.416 e. The Kier molecular flexibility index (Phi) is 8.79. The number of aromatic hydroxyl groups is 1. The van der Waals surface area contributed by atoms with Crippen LogP contribution in [0.3, 0.4) is 0 Å². The van der Waals surface area contributed by atoms with Crippen molar-refractivity contribution in [2.45, 2.75) is 24.8 Å². The van der Waals surface area contributed by atoms with Gasteiger partial charge in [0.15, 0.2) is 0 Å². The van der Waals surface area contributed by atoms with E-state index >= 15 is 0 Å². The first-order chi connectivity index (χ1) is 20.2. The molecule has 43 heavy (non-hydrogen) atoms. The maximum atomic E-state index is 13.3. The zero-order valence-electron chi connectivity index (χ0n) is 22.2. The predicted molar refractivity (Wildman–Crippen MR) is 142 cm³/mol. The summed E-state index contributed by atoms with van der Waals surface area (Å²) in [5.74, 6) is -2.38. The van der Waals surface area contributed by atoms with E-state index in [-0.39, 0.29) is 40.5 Å². The van der Waals surface area contributed by atoms with E-state index in [9.17, 15) is 45.4 Å². The van der Waals surface area contributed by atoms with E-state index in [0.717, 1.165) is 7.11 Å². The number of halogens is 7. The van der Waals surface area contributed by atoms with E-state index in [4.69, 9.17) is 4.74 Å². The molecule has 224 valence electrons. The van der Waals surface area contributed by atoms with Gasteiger partial charge in [0, 0.05) is 0 Å². The largest absolute Gasteiger partial charge is 0.507 e. The fraction of sp³-hybridized carbons (Fsp3) is 0.161. The van der Waals surface area contributed by atoms with Crippen molar-refractivity contribution in [1.82, 2.24) is 5.32 Å². The Morgan fingerprint density at radius 3 is 1.79 bits per heavy atom. The molecule has 5 nitrogen and oxygen atoms in total. The molecule has 0 fully saturated rings. The van der Waals surface area contributed by atoms with Gasteiger partial charge < -0.3 is 15.2 Å². The van der Waals surface area contributed by atoms with Crippen LogP contribution in [0.25, 0.3) is 22.3 Å². The lowest BCUT2D eigenvalue weighted by molar-refractivity contribution is -0.143. The summed E-state index contributed by atoms with van der Waals surface area (Å²) in [4.78, 5) is 25.3. The number of alkyl halides is 6. The highest BCUT2D eigenvalue weighted by Gasteiger charge is 2.37. The van der Waals surface area contributed by atoms with Crippen molar-refractivity contribution in [2.24, 2.45) is 0 Å². The molecule has 0 bridgehead atoms. The molecular weight excluding hydrogens is 583 g/mol. The molecule has 0 heterocycles. The first-order valence-electron chi connectivity index (χ1n) is 12.5. The number of rotatable bonds is 7. The van der Waals surface area contributed by atoms with Crippen LogP contribution in [-0.4, -0.2) is 24.1 Å². The summed E-state index contributed by atoms with van der Waals surface area (Å²) in [5.41, 5.74) is -2.12. The zero-order valence-corrected chi connectivity index (χ0v) is 22.2. The molecule has 4 aromatic carbocycles. The molecule has 0 spiro atoms. The molecule has 0 saturated heterocycles. The van der Waals surface area contributed by atoms with E-state index in [2.05, 4.69) is 5.32 Å². The summed E-state index contributed by atoms with van der Waals surface area (Å²) in [6.07, 6.45) is -10.4. The molecule has 1 atom stereocenters. The van der Waals surface area contributed by atoms with E-state index in [1.807, 2.05) is 0 Å². The summed E-state index contributed by atoms with van der Waals surface area (Å²) in [7, 11) is 1.12. The average molecular weight is 606 g/mol. The Balaban J connectivity index is 1.66. The Hall–Kier alpha value is -4.87. The van der Waals surface area contributed by atoms with Gasteiger partial charge in [-0.3, -0.25) is 9.59 Å². The standard InChI is InChI=1S/C31H22F7NO4/c1-43-28(41)16-26(39-29(42)25-14-20(8-11-27(25)40)17-6-9-24(32)10-7-17)19-4-2-18(3-5-19)21-12-22(30(33,34)35)15-23(13-21)31(36,37)38/h2-15,26,40H,16H2,1H3,(H,39,42). The average Bonchev–Trinajstić information content (AvgIpc) is 2.96. The summed E-state index contributed by atoms with van der Waals surface area (Å²) < 4.78 is 97.9. The van der Waals surface area contributed by atoms with Crippen LogP contribution < -0.4 is 5.32 Å². The van der Waals surface area contributed by atoms with Gasteiger partial charge in [0.05, 0.1) is 36.3 Å². The molecule has 1 unspecified atom stereocenters. The van der Waals surface area contributed by atoms with Crippen molar-refractivity contribution < 1.29 is 50.2 Å². The third-order valence-electron chi connectivity index (χ3n) is 6.56. The van der Waals surface area contributed by atoms with Gasteiger partial charge in [0.2, 0.25) is 0 Å². The maximum Gasteiger partial charge on any atom is 0.416 e. The van der Waals surface area contributed by atoms with E-state index in [1.165, 1.54) is 66.7 Å². The van der Waals surface area contributed by atoms with Crippen LogP contribution >= 0.6 is 0 Å². The molecule has 0 aliphatic heterocycles. The number of carbonyl (C=O) groups excluding carboxylic acids is 2. The Bertz CT molecular complexity index is 1600. The highest BCUT2D eigenvalue weighted by atomic mass is 19.4. The molecular formula is C31H22F7NO4. The number of hydrogen-bond donors (Lipinski definition) is 2. The highest BCUT2D eigenvalue weighted by molar-refractivity contribution is 5.98. The van der Waals surface area contributed by atoms with E-state index < -0.39 is 47.2 Å². The second kappa shape index (κ2) is 12.2. The molecule has 0 radical (unpaired) electrons. The third-order valence-corrected chi connectivity index (χ3v) is 6.56. The number of esters is 1. The lowest BCUT2D eigenvalue weighted by Crippen LogP contribution is -2.30. The Morgan fingerprint density at radius 2 is 1.26 bits per heavy atom. The first-order valence-corrected chi connectivity index (χ1v) is 12.5. The van der Waals surface area contributed by atoms with Crippen molar-refractivity contribution in [2.75, 3.05) is 7.11 Å². The van der Waals surface area contributed by atoms with E-state index in [1.54, 1.807) is 0 Å². The fourth-order valence-electron chi connectivity index (χ4n) is 4.31. The Labute approximate surface area is 240 Å². The molecule has 4 aromatic rings. The number of amides is 1. The number of carbonyl (C=O) groups is 2. The summed E-state index contributed by atoms with van der Waals surface area (Å²) in [6.45, 7) is 0. The van der Waals surface area contributed by atoms with Gasteiger partial charge in [-0.15, -0.1) is 0 Å². The Morgan fingerprint density at radius 1 is 0.744 bits per heavy atom. The van der Waals surface area contributed by atoms with Gasteiger partial charge in [-0.05, 0) is 70.3 Å².